The van der Waals surface area contributed by atoms with Crippen molar-refractivity contribution in [3.05, 3.63) is 59.7 Å². The van der Waals surface area contributed by atoms with Gasteiger partial charge in [0.1, 0.15) is 6.61 Å². The van der Waals surface area contributed by atoms with E-state index >= 15 is 0 Å². The van der Waals surface area contributed by atoms with Crippen LogP contribution in [0, 0.1) is 12.3 Å². The van der Waals surface area contributed by atoms with Gasteiger partial charge in [0, 0.05) is 11.5 Å². The minimum Gasteiger partial charge on any atom is -0.458 e. The molecule has 3 rings (SSSR count). The molecular weight excluding hydrogens is 316 g/mol. The number of fused-ring (bicyclic) bond motifs is 1. The van der Waals surface area contributed by atoms with E-state index in [-0.39, 0.29) is 18.0 Å². The Morgan fingerprint density at radius 2 is 2.24 bits per heavy atom. The van der Waals surface area contributed by atoms with Gasteiger partial charge >= 0.3 is 11.9 Å². The maximum absolute atomic E-state index is 12.1. The topological polar surface area (TPSA) is 52.6 Å². The highest BCUT2D eigenvalue weighted by atomic mass is 16.6. The van der Waals surface area contributed by atoms with E-state index in [1.54, 1.807) is 6.08 Å². The van der Waals surface area contributed by atoms with Crippen LogP contribution in [0.4, 0.5) is 0 Å². The van der Waals surface area contributed by atoms with Gasteiger partial charge in [-0.05, 0) is 43.9 Å². The van der Waals surface area contributed by atoms with Gasteiger partial charge in [0.2, 0.25) is 0 Å². The first-order valence-corrected chi connectivity index (χ1v) is 8.80. The molecule has 1 saturated heterocycles. The highest BCUT2D eigenvalue weighted by Gasteiger charge is 2.57. The van der Waals surface area contributed by atoms with Crippen LogP contribution in [0.3, 0.4) is 0 Å². The third-order valence-electron chi connectivity index (χ3n) is 5.36. The predicted octanol–water partition coefficient (Wildman–Crippen LogP) is 4.03. The maximum atomic E-state index is 12.1. The van der Waals surface area contributed by atoms with E-state index in [0.717, 1.165) is 30.4 Å². The van der Waals surface area contributed by atoms with Crippen molar-refractivity contribution in [1.82, 2.24) is 0 Å². The number of allylic oxidation sites excluding steroid dienone is 1. The molecule has 1 heterocycles. The molecule has 1 aliphatic carbocycles. The Morgan fingerprint density at radius 1 is 1.40 bits per heavy atom. The lowest BCUT2D eigenvalue weighted by Crippen LogP contribution is -2.43. The number of hydrogen-bond acceptors (Lipinski definition) is 4. The molecule has 0 N–H and O–H groups in total. The Morgan fingerprint density at radius 3 is 3.00 bits per heavy atom. The van der Waals surface area contributed by atoms with Crippen LogP contribution in [0.2, 0.25) is 0 Å². The van der Waals surface area contributed by atoms with Crippen LogP contribution in [-0.2, 0) is 25.7 Å². The number of carbonyl (C=O) groups excluding carboxylic acids is 2. The smallest absolute Gasteiger partial charge is 0.330 e. The second-order valence-electron chi connectivity index (χ2n) is 6.95. The molecule has 0 radical (unpaired) electrons. The Bertz CT molecular complexity index is 733. The predicted molar refractivity (Wildman–Crippen MR) is 94.7 cm³/mol. The zero-order valence-electron chi connectivity index (χ0n) is 14.8. The molecule has 0 saturated carbocycles. The second kappa shape index (κ2) is 6.87. The average Bonchev–Trinajstić information content (AvgIpc) is 2.91. The molecule has 1 fully saturated rings. The second-order valence-corrected chi connectivity index (χ2v) is 6.95. The van der Waals surface area contributed by atoms with Crippen molar-refractivity contribution in [2.24, 2.45) is 5.41 Å². The summed E-state index contributed by atoms with van der Waals surface area (Å²) in [6.07, 6.45) is 10.1. The molecule has 0 spiro atoms. The van der Waals surface area contributed by atoms with Gasteiger partial charge in [0.15, 0.2) is 5.60 Å². The molecule has 2 aliphatic rings. The lowest BCUT2D eigenvalue weighted by molar-refractivity contribution is -0.145. The van der Waals surface area contributed by atoms with Crippen LogP contribution in [0.25, 0.3) is 0 Å². The summed E-state index contributed by atoms with van der Waals surface area (Å²) < 4.78 is 11.0. The fraction of sp³-hybridized carbons (Fsp3) is 0.429. The first-order valence-electron chi connectivity index (χ1n) is 8.80. The van der Waals surface area contributed by atoms with Gasteiger partial charge in [-0.2, -0.15) is 0 Å². The van der Waals surface area contributed by atoms with Crippen LogP contribution in [0.1, 0.15) is 43.7 Å². The lowest BCUT2D eigenvalue weighted by Gasteiger charge is -2.41. The minimum atomic E-state index is -0.820. The van der Waals surface area contributed by atoms with E-state index in [1.165, 1.54) is 6.08 Å². The number of ether oxygens (including phenoxy) is 2. The third-order valence-corrected chi connectivity index (χ3v) is 5.36. The summed E-state index contributed by atoms with van der Waals surface area (Å²) in [6.45, 7) is 4.30. The van der Waals surface area contributed by atoms with E-state index < -0.39 is 11.6 Å². The molecule has 0 amide bonds. The normalized spacial score (nSPS) is 28.0. The highest BCUT2D eigenvalue weighted by molar-refractivity contribution is 5.83. The van der Waals surface area contributed by atoms with Crippen LogP contribution in [-0.4, -0.2) is 17.5 Å². The molecule has 0 unspecified atom stereocenters. The summed E-state index contributed by atoms with van der Waals surface area (Å²) >= 11 is 0. The molecule has 4 nitrogen and oxygen atoms in total. The first-order chi connectivity index (χ1) is 12.0. The first kappa shape index (κ1) is 17.5. The fourth-order valence-corrected chi connectivity index (χ4v) is 3.90. The van der Waals surface area contributed by atoms with Gasteiger partial charge in [-0.1, -0.05) is 42.8 Å². The molecule has 4 heteroatoms. The summed E-state index contributed by atoms with van der Waals surface area (Å²) in [5.41, 5.74) is 1.000. The van der Waals surface area contributed by atoms with E-state index in [0.29, 0.717) is 6.42 Å². The van der Waals surface area contributed by atoms with Gasteiger partial charge < -0.3 is 9.47 Å². The van der Waals surface area contributed by atoms with Gasteiger partial charge in [-0.15, -0.1) is 0 Å². The van der Waals surface area contributed by atoms with Crippen LogP contribution in [0.15, 0.2) is 48.6 Å². The molecule has 25 heavy (non-hydrogen) atoms. The van der Waals surface area contributed by atoms with E-state index in [9.17, 15) is 9.59 Å². The zero-order valence-corrected chi connectivity index (χ0v) is 14.8. The Labute approximate surface area is 148 Å². The van der Waals surface area contributed by atoms with Crippen molar-refractivity contribution < 1.29 is 19.1 Å². The maximum Gasteiger partial charge on any atom is 0.330 e. The van der Waals surface area contributed by atoms with Gasteiger partial charge in [0.25, 0.3) is 0 Å². The van der Waals surface area contributed by atoms with Crippen molar-refractivity contribution in [1.29, 1.82) is 0 Å². The van der Waals surface area contributed by atoms with Crippen LogP contribution in [0.5, 0.6) is 0 Å². The summed E-state index contributed by atoms with van der Waals surface area (Å²) in [5, 5.41) is 0. The third kappa shape index (κ3) is 3.39. The number of benzene rings is 1. The number of hydrogen-bond donors (Lipinski definition) is 0. The Kier molecular flexibility index (Phi) is 4.80. The SMILES string of the molecule is CC[C@@]12CCC=C[C@]1(/C=C/C(=O)OCc1cccc(C)c1)OC(=O)C2. The Hall–Kier alpha value is -2.36. The summed E-state index contributed by atoms with van der Waals surface area (Å²) in [5.74, 6) is -0.631. The molecule has 1 aromatic carbocycles. The molecule has 0 bridgehead atoms. The quantitative estimate of drug-likeness (QED) is 0.461. The average molecular weight is 340 g/mol. The molecule has 2 atom stereocenters. The fourth-order valence-electron chi connectivity index (χ4n) is 3.90. The highest BCUT2D eigenvalue weighted by Crippen LogP contribution is 2.54. The standard InChI is InChI=1S/C21H24O4/c1-3-20-10-4-5-11-21(20,25-19(23)14-20)12-9-18(22)24-15-17-8-6-7-16(2)13-17/h5-9,11-13H,3-4,10,14-15H2,1-2H3/b12-9+/t20-,21+/m0/s1. The van der Waals surface area contributed by atoms with E-state index in [4.69, 9.17) is 9.47 Å². The van der Waals surface area contributed by atoms with Crippen molar-refractivity contribution in [3.8, 4) is 0 Å². The summed E-state index contributed by atoms with van der Waals surface area (Å²) in [6, 6.07) is 7.85. The van der Waals surface area contributed by atoms with E-state index in [1.807, 2.05) is 43.3 Å². The zero-order chi connectivity index (χ0) is 17.9. The molecule has 1 aliphatic heterocycles. The lowest BCUT2D eigenvalue weighted by atomic mass is 9.64. The monoisotopic (exact) mass is 340 g/mol. The number of carbonyl (C=O) groups is 2. The molecule has 132 valence electrons. The van der Waals surface area contributed by atoms with Crippen LogP contribution < -0.4 is 0 Å². The van der Waals surface area contributed by atoms with Crippen molar-refractivity contribution in [3.63, 3.8) is 0 Å². The molecular formula is C21H24O4. The van der Waals surface area contributed by atoms with Gasteiger partial charge in [0.05, 0.1) is 6.42 Å². The molecule has 0 aromatic heterocycles. The Balaban J connectivity index is 1.71. The van der Waals surface area contributed by atoms with Gasteiger partial charge in [-0.25, -0.2) is 4.79 Å². The summed E-state index contributed by atoms with van der Waals surface area (Å²) in [4.78, 5) is 24.1. The van der Waals surface area contributed by atoms with Crippen molar-refractivity contribution in [2.75, 3.05) is 0 Å². The minimum absolute atomic E-state index is 0.203. The number of aryl methyl sites for hydroxylation is 1. The van der Waals surface area contributed by atoms with Crippen LogP contribution >= 0.6 is 0 Å². The number of esters is 2. The molecule has 1 aromatic rings. The number of rotatable bonds is 5. The van der Waals surface area contributed by atoms with Crippen molar-refractivity contribution >= 4 is 11.9 Å². The van der Waals surface area contributed by atoms with Gasteiger partial charge in [-0.3, -0.25) is 4.79 Å². The largest absolute Gasteiger partial charge is 0.458 e. The van der Waals surface area contributed by atoms with Crippen molar-refractivity contribution in [2.45, 2.75) is 51.7 Å². The van der Waals surface area contributed by atoms with E-state index in [2.05, 4.69) is 6.92 Å². The summed E-state index contributed by atoms with van der Waals surface area (Å²) in [7, 11) is 0.